The first kappa shape index (κ1) is 11.4. The Morgan fingerprint density at radius 3 is 2.27 bits per heavy atom. The monoisotopic (exact) mass is 165 g/mol. The smallest absolute Gasteiger partial charge is 0.549 e. The first-order valence-electron chi connectivity index (χ1n) is 3.71. The molecule has 3 nitrogen and oxygen atoms in total. The van der Waals surface area contributed by atoms with Crippen LogP contribution >= 0.6 is 0 Å². The van der Waals surface area contributed by atoms with Gasteiger partial charge in [0.25, 0.3) is 0 Å². The van der Waals surface area contributed by atoms with E-state index in [2.05, 4.69) is 0 Å². The molecule has 4 heteroatoms. The maximum absolute atomic E-state index is 10.1. The summed E-state index contributed by atoms with van der Waals surface area (Å²) in [7, 11) is 0. The van der Waals surface area contributed by atoms with Gasteiger partial charge in [-0.15, -0.1) is 0 Å². The third kappa shape index (κ3) is 4.80. The van der Waals surface area contributed by atoms with Gasteiger partial charge >= 0.3 is 29.6 Å². The van der Waals surface area contributed by atoms with E-state index in [0.29, 0.717) is 0 Å². The predicted molar refractivity (Wildman–Crippen MR) is 35.3 cm³/mol. The minimum absolute atomic E-state index is 0. The zero-order valence-electron chi connectivity index (χ0n) is 7.01. The van der Waals surface area contributed by atoms with Crippen LogP contribution in [0.4, 0.5) is 0 Å². The SMILES string of the molecule is O=C([O-])CN1CCCCC1.[Na+]. The number of hydrogen-bond acceptors (Lipinski definition) is 3. The summed E-state index contributed by atoms with van der Waals surface area (Å²) in [6.45, 7) is 1.96. The van der Waals surface area contributed by atoms with E-state index in [0.717, 1.165) is 25.9 Å². The van der Waals surface area contributed by atoms with Crippen LogP contribution in [0.1, 0.15) is 19.3 Å². The number of aliphatic carboxylic acids is 1. The van der Waals surface area contributed by atoms with Crippen LogP contribution in [-0.2, 0) is 4.79 Å². The molecule has 0 amide bonds. The van der Waals surface area contributed by atoms with Crippen molar-refractivity contribution in [2.75, 3.05) is 19.6 Å². The number of carboxylic acid groups (broad SMARTS) is 1. The fourth-order valence-electron chi connectivity index (χ4n) is 1.30. The fourth-order valence-corrected chi connectivity index (χ4v) is 1.30. The third-order valence-electron chi connectivity index (χ3n) is 1.80. The van der Waals surface area contributed by atoms with Crippen LogP contribution < -0.4 is 34.7 Å². The normalized spacial score (nSPS) is 18.9. The average Bonchev–Trinajstić information content (AvgIpc) is 1.88. The van der Waals surface area contributed by atoms with Gasteiger partial charge in [0.15, 0.2) is 0 Å². The molecular weight excluding hydrogens is 153 g/mol. The molecule has 0 N–H and O–H groups in total. The van der Waals surface area contributed by atoms with E-state index < -0.39 is 5.97 Å². The Labute approximate surface area is 89.1 Å². The van der Waals surface area contributed by atoms with E-state index in [1.807, 2.05) is 4.90 Å². The molecule has 0 aromatic heterocycles. The number of carbonyl (C=O) groups is 1. The van der Waals surface area contributed by atoms with E-state index in [4.69, 9.17) is 0 Å². The number of hydrogen-bond donors (Lipinski definition) is 0. The van der Waals surface area contributed by atoms with Crippen LogP contribution in [0, 0.1) is 0 Å². The number of rotatable bonds is 2. The molecule has 1 heterocycles. The van der Waals surface area contributed by atoms with Crippen molar-refractivity contribution in [1.82, 2.24) is 4.90 Å². The number of carbonyl (C=O) groups excluding carboxylic acids is 1. The maximum atomic E-state index is 10.1. The summed E-state index contributed by atoms with van der Waals surface area (Å²) in [6.07, 6.45) is 3.50. The fraction of sp³-hybridized carbons (Fsp3) is 0.857. The first-order valence-corrected chi connectivity index (χ1v) is 3.71. The number of carboxylic acids is 1. The molecule has 0 unspecified atom stereocenters. The van der Waals surface area contributed by atoms with Crippen molar-refractivity contribution in [2.45, 2.75) is 19.3 Å². The van der Waals surface area contributed by atoms with Crippen molar-refractivity contribution < 1.29 is 39.5 Å². The van der Waals surface area contributed by atoms with Gasteiger partial charge in [-0.25, -0.2) is 0 Å². The second kappa shape index (κ2) is 6.00. The molecule has 1 fully saturated rings. The van der Waals surface area contributed by atoms with Crippen molar-refractivity contribution in [2.24, 2.45) is 0 Å². The van der Waals surface area contributed by atoms with Crippen LogP contribution in [0.2, 0.25) is 0 Å². The van der Waals surface area contributed by atoms with Crippen molar-refractivity contribution in [3.63, 3.8) is 0 Å². The molecule has 1 aliphatic heterocycles. The van der Waals surface area contributed by atoms with Gasteiger partial charge in [0.1, 0.15) is 0 Å². The Morgan fingerprint density at radius 2 is 1.82 bits per heavy atom. The van der Waals surface area contributed by atoms with E-state index >= 15 is 0 Å². The van der Waals surface area contributed by atoms with E-state index in [-0.39, 0.29) is 36.1 Å². The van der Waals surface area contributed by atoms with Crippen LogP contribution in [0.25, 0.3) is 0 Å². The molecule has 0 atom stereocenters. The number of nitrogens with zero attached hydrogens (tertiary/aromatic N) is 1. The van der Waals surface area contributed by atoms with E-state index in [9.17, 15) is 9.90 Å². The van der Waals surface area contributed by atoms with Crippen molar-refractivity contribution in [1.29, 1.82) is 0 Å². The summed E-state index contributed by atoms with van der Waals surface area (Å²) in [5, 5.41) is 10.1. The second-order valence-electron chi connectivity index (χ2n) is 2.71. The van der Waals surface area contributed by atoms with Gasteiger partial charge in [-0.05, 0) is 25.9 Å². The first-order chi connectivity index (χ1) is 4.79. The van der Waals surface area contributed by atoms with Gasteiger partial charge in [-0.2, -0.15) is 0 Å². The summed E-state index contributed by atoms with van der Waals surface area (Å²) in [5.74, 6) is -0.957. The molecule has 0 aromatic carbocycles. The Hall–Kier alpha value is 0.430. The molecule has 0 saturated carbocycles. The molecule has 0 aromatic rings. The van der Waals surface area contributed by atoms with Crippen molar-refractivity contribution >= 4 is 5.97 Å². The molecule has 58 valence electrons. The molecule has 0 aliphatic carbocycles. The summed E-state index contributed by atoms with van der Waals surface area (Å²) in [5.41, 5.74) is 0. The summed E-state index contributed by atoms with van der Waals surface area (Å²) in [6, 6.07) is 0. The zero-order chi connectivity index (χ0) is 7.40. The topological polar surface area (TPSA) is 43.4 Å². The molecule has 1 aliphatic rings. The molecule has 1 saturated heterocycles. The van der Waals surface area contributed by atoms with Gasteiger partial charge in [0, 0.05) is 6.54 Å². The summed E-state index contributed by atoms with van der Waals surface area (Å²) < 4.78 is 0. The van der Waals surface area contributed by atoms with Crippen LogP contribution in [-0.4, -0.2) is 30.5 Å². The average molecular weight is 165 g/mol. The quantitative estimate of drug-likeness (QED) is 0.394. The Bertz CT molecular complexity index is 124. The van der Waals surface area contributed by atoms with Gasteiger partial charge in [0.05, 0.1) is 5.97 Å². The molecule has 0 spiro atoms. The molecule has 0 radical (unpaired) electrons. The van der Waals surface area contributed by atoms with Crippen LogP contribution in [0.3, 0.4) is 0 Å². The van der Waals surface area contributed by atoms with E-state index in [1.54, 1.807) is 0 Å². The maximum Gasteiger partial charge on any atom is 1.00 e. The predicted octanol–water partition coefficient (Wildman–Crippen LogP) is -3.77. The molecule has 1 rings (SSSR count). The number of piperidine rings is 1. The van der Waals surface area contributed by atoms with Crippen molar-refractivity contribution in [3.05, 3.63) is 0 Å². The van der Waals surface area contributed by atoms with Gasteiger partial charge < -0.3 is 9.90 Å². The third-order valence-corrected chi connectivity index (χ3v) is 1.80. The summed E-state index contributed by atoms with van der Waals surface area (Å²) in [4.78, 5) is 12.0. The number of likely N-dealkylation sites (tertiary alicyclic amines) is 1. The van der Waals surface area contributed by atoms with Gasteiger partial charge in [-0.1, -0.05) is 6.42 Å². The minimum atomic E-state index is -0.957. The largest absolute Gasteiger partial charge is 1.00 e. The minimum Gasteiger partial charge on any atom is -0.549 e. The summed E-state index contributed by atoms with van der Waals surface area (Å²) >= 11 is 0. The van der Waals surface area contributed by atoms with Gasteiger partial charge in [-0.3, -0.25) is 4.90 Å². The van der Waals surface area contributed by atoms with Gasteiger partial charge in [0.2, 0.25) is 0 Å². The second-order valence-corrected chi connectivity index (χ2v) is 2.71. The molecule has 11 heavy (non-hydrogen) atoms. The molecule has 0 bridgehead atoms. The van der Waals surface area contributed by atoms with Crippen LogP contribution in [0.15, 0.2) is 0 Å². The Morgan fingerprint density at radius 1 is 1.27 bits per heavy atom. The van der Waals surface area contributed by atoms with Crippen molar-refractivity contribution in [3.8, 4) is 0 Å². The van der Waals surface area contributed by atoms with E-state index in [1.165, 1.54) is 6.42 Å². The Balaban J connectivity index is 0.000001000. The zero-order valence-corrected chi connectivity index (χ0v) is 9.01. The molecular formula is C7H12NNaO2. The Kier molecular flexibility index (Phi) is 6.24. The standard InChI is InChI=1S/C7H13NO2.Na/c9-7(10)6-8-4-2-1-3-5-8;/h1-6H2,(H,9,10);/q;+1/p-1. The van der Waals surface area contributed by atoms with Crippen LogP contribution in [0.5, 0.6) is 0 Å².